The smallest absolute Gasteiger partial charge is 0.213 e. The van der Waals surface area contributed by atoms with Crippen LogP contribution in [0.2, 0.25) is 0 Å². The van der Waals surface area contributed by atoms with Crippen molar-refractivity contribution in [2.75, 3.05) is 11.9 Å². The van der Waals surface area contributed by atoms with E-state index in [0.29, 0.717) is 12.4 Å². The summed E-state index contributed by atoms with van der Waals surface area (Å²) in [6, 6.07) is 2.03. The Morgan fingerprint density at radius 1 is 1.33 bits per heavy atom. The molecule has 92 valence electrons. The maximum absolute atomic E-state index is 8.85. The third kappa shape index (κ3) is 2.83. The predicted octanol–water partition coefficient (Wildman–Crippen LogP) is 1.41. The first kappa shape index (κ1) is 12.0. The van der Waals surface area contributed by atoms with Crippen LogP contribution < -0.4 is 5.32 Å². The highest BCUT2D eigenvalue weighted by atomic mass is 15.1. The molecule has 0 radical (unpaired) electrons. The molecule has 0 amide bonds. The topological polar surface area (TPSA) is 79.4 Å². The molecule has 0 saturated carbocycles. The zero-order chi connectivity index (χ0) is 12.8. The van der Waals surface area contributed by atoms with Gasteiger partial charge in [0.15, 0.2) is 0 Å². The van der Waals surface area contributed by atoms with Crippen LogP contribution >= 0.6 is 0 Å². The van der Waals surface area contributed by atoms with Gasteiger partial charge in [0, 0.05) is 18.9 Å². The molecular weight excluding hydrogens is 228 g/mol. The van der Waals surface area contributed by atoms with Gasteiger partial charge in [0.2, 0.25) is 5.82 Å². The van der Waals surface area contributed by atoms with Crippen molar-refractivity contribution in [3.8, 4) is 6.07 Å². The molecule has 2 heterocycles. The van der Waals surface area contributed by atoms with Crippen molar-refractivity contribution in [1.82, 2.24) is 19.5 Å². The Kier molecular flexibility index (Phi) is 3.86. The molecule has 0 spiro atoms. The average molecular weight is 242 g/mol. The van der Waals surface area contributed by atoms with Crippen molar-refractivity contribution in [3.63, 3.8) is 0 Å². The molecule has 6 nitrogen and oxygen atoms in total. The zero-order valence-electron chi connectivity index (χ0n) is 10.2. The number of nitriles is 1. The number of nitrogens with one attached hydrogen (secondary N) is 1. The number of rotatable bonds is 5. The lowest BCUT2D eigenvalue weighted by molar-refractivity contribution is 0.754. The second kappa shape index (κ2) is 5.77. The number of nitrogens with zero attached hydrogens (tertiary/aromatic N) is 5. The first-order chi connectivity index (χ1) is 8.83. The summed E-state index contributed by atoms with van der Waals surface area (Å²) in [5.74, 6) is 1.15. The van der Waals surface area contributed by atoms with E-state index in [1.807, 2.05) is 6.07 Å². The molecule has 2 rings (SSSR count). The second-order valence-corrected chi connectivity index (χ2v) is 3.81. The molecule has 18 heavy (non-hydrogen) atoms. The van der Waals surface area contributed by atoms with E-state index < -0.39 is 0 Å². The SMILES string of the molecule is CCCNc1cnc(Cn2ccnc2C#N)cn1. The number of aromatic nitrogens is 4. The molecule has 2 aromatic heterocycles. The molecule has 0 atom stereocenters. The molecule has 0 aromatic carbocycles. The molecule has 0 unspecified atom stereocenters. The van der Waals surface area contributed by atoms with Gasteiger partial charge in [-0.3, -0.25) is 4.98 Å². The Morgan fingerprint density at radius 2 is 2.22 bits per heavy atom. The van der Waals surface area contributed by atoms with Gasteiger partial charge < -0.3 is 9.88 Å². The third-order valence-corrected chi connectivity index (χ3v) is 2.41. The molecular formula is C12H14N6. The van der Waals surface area contributed by atoms with Gasteiger partial charge in [0.25, 0.3) is 0 Å². The van der Waals surface area contributed by atoms with E-state index in [1.54, 1.807) is 29.4 Å². The molecule has 2 aromatic rings. The summed E-state index contributed by atoms with van der Waals surface area (Å²) in [4.78, 5) is 12.5. The first-order valence-corrected chi connectivity index (χ1v) is 5.79. The zero-order valence-corrected chi connectivity index (χ0v) is 10.2. The highest BCUT2D eigenvalue weighted by Crippen LogP contribution is 2.04. The van der Waals surface area contributed by atoms with Gasteiger partial charge in [-0.05, 0) is 6.42 Å². The Balaban J connectivity index is 2.04. The summed E-state index contributed by atoms with van der Waals surface area (Å²) in [7, 11) is 0. The van der Waals surface area contributed by atoms with Crippen molar-refractivity contribution in [3.05, 3.63) is 36.3 Å². The summed E-state index contributed by atoms with van der Waals surface area (Å²) >= 11 is 0. The van der Waals surface area contributed by atoms with Crippen LogP contribution in [0.3, 0.4) is 0 Å². The Bertz CT molecular complexity index is 536. The van der Waals surface area contributed by atoms with E-state index in [1.165, 1.54) is 0 Å². The normalized spacial score (nSPS) is 10.0. The van der Waals surface area contributed by atoms with Crippen molar-refractivity contribution in [1.29, 1.82) is 5.26 Å². The fraction of sp³-hybridized carbons (Fsp3) is 0.333. The predicted molar refractivity (Wildman–Crippen MR) is 66.9 cm³/mol. The lowest BCUT2D eigenvalue weighted by Crippen LogP contribution is -2.06. The maximum Gasteiger partial charge on any atom is 0.213 e. The van der Waals surface area contributed by atoms with Crippen molar-refractivity contribution in [2.24, 2.45) is 0 Å². The van der Waals surface area contributed by atoms with E-state index in [4.69, 9.17) is 5.26 Å². The second-order valence-electron chi connectivity index (χ2n) is 3.81. The Labute approximate surface area is 105 Å². The van der Waals surface area contributed by atoms with Crippen molar-refractivity contribution >= 4 is 5.82 Å². The summed E-state index contributed by atoms with van der Waals surface area (Å²) in [5, 5.41) is 12.0. The maximum atomic E-state index is 8.85. The van der Waals surface area contributed by atoms with Crippen LogP contribution in [0.1, 0.15) is 24.9 Å². The van der Waals surface area contributed by atoms with Gasteiger partial charge in [0.05, 0.1) is 24.6 Å². The lowest BCUT2D eigenvalue weighted by Gasteiger charge is -2.05. The third-order valence-electron chi connectivity index (χ3n) is 2.41. The first-order valence-electron chi connectivity index (χ1n) is 5.79. The van der Waals surface area contributed by atoms with E-state index in [-0.39, 0.29) is 0 Å². The van der Waals surface area contributed by atoms with Crippen LogP contribution in [0.15, 0.2) is 24.8 Å². The fourth-order valence-electron chi connectivity index (χ4n) is 1.51. The van der Waals surface area contributed by atoms with Crippen LogP contribution in [0.4, 0.5) is 5.82 Å². The number of anilines is 1. The van der Waals surface area contributed by atoms with Crippen LogP contribution in [-0.2, 0) is 6.54 Å². The quantitative estimate of drug-likeness (QED) is 0.857. The summed E-state index contributed by atoms with van der Waals surface area (Å²) < 4.78 is 1.74. The van der Waals surface area contributed by atoms with Gasteiger partial charge in [-0.15, -0.1) is 0 Å². The molecule has 0 aliphatic heterocycles. The van der Waals surface area contributed by atoms with Gasteiger partial charge >= 0.3 is 0 Å². The van der Waals surface area contributed by atoms with E-state index in [2.05, 4.69) is 27.2 Å². The monoisotopic (exact) mass is 242 g/mol. The van der Waals surface area contributed by atoms with Gasteiger partial charge in [0.1, 0.15) is 11.9 Å². The lowest BCUT2D eigenvalue weighted by atomic mass is 10.4. The van der Waals surface area contributed by atoms with E-state index >= 15 is 0 Å². The number of hydrogen-bond acceptors (Lipinski definition) is 5. The summed E-state index contributed by atoms with van der Waals surface area (Å²) in [5.41, 5.74) is 0.798. The molecule has 0 aliphatic carbocycles. The van der Waals surface area contributed by atoms with E-state index in [0.717, 1.165) is 24.5 Å². The minimum absolute atomic E-state index is 0.380. The van der Waals surface area contributed by atoms with Crippen LogP contribution in [-0.4, -0.2) is 26.1 Å². The van der Waals surface area contributed by atoms with Crippen LogP contribution in [0, 0.1) is 11.3 Å². The number of hydrogen-bond donors (Lipinski definition) is 1. The fourth-order valence-corrected chi connectivity index (χ4v) is 1.51. The molecule has 0 saturated heterocycles. The average Bonchev–Trinajstić information content (AvgIpc) is 2.85. The molecule has 0 bridgehead atoms. The van der Waals surface area contributed by atoms with Crippen LogP contribution in [0.5, 0.6) is 0 Å². The van der Waals surface area contributed by atoms with Gasteiger partial charge in [-0.1, -0.05) is 6.92 Å². The molecule has 6 heteroatoms. The van der Waals surface area contributed by atoms with E-state index in [9.17, 15) is 0 Å². The largest absolute Gasteiger partial charge is 0.369 e. The standard InChI is InChI=1S/C12H14N6/c1-2-3-14-11-8-16-10(7-17-11)9-18-5-4-15-12(18)6-13/h4-5,7-8H,2-3,9H2,1H3,(H,14,17). The minimum atomic E-state index is 0.380. The number of imidazole rings is 1. The van der Waals surface area contributed by atoms with Gasteiger partial charge in [-0.25, -0.2) is 9.97 Å². The molecule has 0 fully saturated rings. The van der Waals surface area contributed by atoms with Gasteiger partial charge in [-0.2, -0.15) is 5.26 Å². The Hall–Kier alpha value is -2.42. The minimum Gasteiger partial charge on any atom is -0.369 e. The highest BCUT2D eigenvalue weighted by molar-refractivity contribution is 5.30. The van der Waals surface area contributed by atoms with Crippen molar-refractivity contribution < 1.29 is 0 Å². The highest BCUT2D eigenvalue weighted by Gasteiger charge is 2.03. The Morgan fingerprint density at radius 3 is 2.89 bits per heavy atom. The molecule has 0 aliphatic rings. The van der Waals surface area contributed by atoms with Crippen LogP contribution in [0.25, 0.3) is 0 Å². The summed E-state index contributed by atoms with van der Waals surface area (Å²) in [6.45, 7) is 3.48. The molecule has 1 N–H and O–H groups in total. The summed E-state index contributed by atoms with van der Waals surface area (Å²) in [6.07, 6.45) is 7.81. The van der Waals surface area contributed by atoms with Crippen molar-refractivity contribution in [2.45, 2.75) is 19.9 Å².